The summed E-state index contributed by atoms with van der Waals surface area (Å²) < 4.78 is 22.0. The van der Waals surface area contributed by atoms with E-state index in [1.807, 2.05) is 49.4 Å². The standard InChI is InChI=1S/C24H32N2O5/c1-4-30-18-7-9-19(10-8-18)31-15-13-25-24(27)17-26-14-5-6-22(26)21-16-20(28-2)11-12-23(21)29-3/h7-12,16,22H,4-6,13-15,17H2,1-3H3,(H,25,27)/t22-/m1/s1. The van der Waals surface area contributed by atoms with Crippen molar-refractivity contribution >= 4 is 5.91 Å². The van der Waals surface area contributed by atoms with Gasteiger partial charge in [-0.3, -0.25) is 9.69 Å². The topological polar surface area (TPSA) is 69.3 Å². The maximum absolute atomic E-state index is 12.5. The van der Waals surface area contributed by atoms with E-state index in [-0.39, 0.29) is 11.9 Å². The molecule has 1 fully saturated rings. The number of likely N-dealkylation sites (tertiary alicyclic amines) is 1. The highest BCUT2D eigenvalue weighted by molar-refractivity contribution is 5.78. The molecule has 2 aromatic rings. The summed E-state index contributed by atoms with van der Waals surface area (Å²) in [5, 5.41) is 2.95. The molecule has 1 aliphatic rings. The van der Waals surface area contributed by atoms with Gasteiger partial charge in [-0.15, -0.1) is 0 Å². The largest absolute Gasteiger partial charge is 0.497 e. The summed E-state index contributed by atoms with van der Waals surface area (Å²) in [6, 6.07) is 13.4. The van der Waals surface area contributed by atoms with Gasteiger partial charge in [-0.2, -0.15) is 0 Å². The van der Waals surface area contributed by atoms with Crippen LogP contribution in [-0.4, -0.2) is 57.9 Å². The minimum Gasteiger partial charge on any atom is -0.497 e. The summed E-state index contributed by atoms with van der Waals surface area (Å²) in [5.74, 6) is 3.17. The van der Waals surface area contributed by atoms with Crippen molar-refractivity contribution < 1.29 is 23.7 Å². The molecule has 1 atom stereocenters. The third-order valence-corrected chi connectivity index (χ3v) is 5.33. The van der Waals surface area contributed by atoms with Gasteiger partial charge < -0.3 is 24.3 Å². The molecule has 1 amide bonds. The first-order chi connectivity index (χ1) is 15.1. The number of nitrogens with zero attached hydrogens (tertiary/aromatic N) is 1. The predicted molar refractivity (Wildman–Crippen MR) is 119 cm³/mol. The number of amides is 1. The number of benzene rings is 2. The second-order valence-corrected chi connectivity index (χ2v) is 7.34. The van der Waals surface area contributed by atoms with Crippen LogP contribution in [0.5, 0.6) is 23.0 Å². The van der Waals surface area contributed by atoms with E-state index in [1.165, 1.54) is 0 Å². The molecular formula is C24H32N2O5. The number of carbonyl (C=O) groups is 1. The normalized spacial score (nSPS) is 16.0. The Morgan fingerprint density at radius 1 is 1.03 bits per heavy atom. The fraction of sp³-hybridized carbons (Fsp3) is 0.458. The second kappa shape index (κ2) is 11.5. The second-order valence-electron chi connectivity index (χ2n) is 7.34. The Morgan fingerprint density at radius 3 is 2.42 bits per heavy atom. The average molecular weight is 429 g/mol. The average Bonchev–Trinajstić information content (AvgIpc) is 3.25. The molecule has 168 valence electrons. The van der Waals surface area contributed by atoms with Gasteiger partial charge in [0, 0.05) is 11.6 Å². The van der Waals surface area contributed by atoms with E-state index in [0.717, 1.165) is 47.9 Å². The van der Waals surface area contributed by atoms with Gasteiger partial charge in [0.05, 0.1) is 33.9 Å². The molecule has 1 aliphatic heterocycles. The number of ether oxygens (including phenoxy) is 4. The Hall–Kier alpha value is -2.93. The molecule has 0 unspecified atom stereocenters. The first kappa shape index (κ1) is 22.7. The lowest BCUT2D eigenvalue weighted by Crippen LogP contribution is -2.38. The minimum absolute atomic E-state index is 0.0101. The van der Waals surface area contributed by atoms with Crippen LogP contribution < -0.4 is 24.3 Å². The number of rotatable bonds is 11. The van der Waals surface area contributed by atoms with Gasteiger partial charge in [0.25, 0.3) is 0 Å². The first-order valence-corrected chi connectivity index (χ1v) is 10.7. The molecule has 3 rings (SSSR count). The van der Waals surface area contributed by atoms with Crippen LogP contribution in [0.25, 0.3) is 0 Å². The summed E-state index contributed by atoms with van der Waals surface area (Å²) in [7, 11) is 3.32. The van der Waals surface area contributed by atoms with Crippen molar-refractivity contribution in [3.63, 3.8) is 0 Å². The van der Waals surface area contributed by atoms with E-state index in [4.69, 9.17) is 18.9 Å². The molecule has 0 saturated carbocycles. The van der Waals surface area contributed by atoms with Crippen LogP contribution in [0.3, 0.4) is 0 Å². The van der Waals surface area contributed by atoms with Gasteiger partial charge >= 0.3 is 0 Å². The number of carbonyl (C=O) groups excluding carboxylic acids is 1. The molecule has 1 saturated heterocycles. The predicted octanol–water partition coefficient (Wildman–Crippen LogP) is 3.43. The zero-order chi connectivity index (χ0) is 22.1. The summed E-state index contributed by atoms with van der Waals surface area (Å²) in [4.78, 5) is 14.7. The lowest BCUT2D eigenvalue weighted by Gasteiger charge is -2.26. The minimum atomic E-state index is -0.0101. The van der Waals surface area contributed by atoms with E-state index >= 15 is 0 Å². The maximum atomic E-state index is 12.5. The highest BCUT2D eigenvalue weighted by atomic mass is 16.5. The zero-order valence-electron chi connectivity index (χ0n) is 18.6. The van der Waals surface area contributed by atoms with Gasteiger partial charge in [-0.05, 0) is 68.8 Å². The molecule has 31 heavy (non-hydrogen) atoms. The SMILES string of the molecule is CCOc1ccc(OCCNC(=O)CN2CCC[C@@H]2c2cc(OC)ccc2OC)cc1. The van der Waals surface area contributed by atoms with Crippen LogP contribution in [0.2, 0.25) is 0 Å². The van der Waals surface area contributed by atoms with E-state index in [1.54, 1.807) is 14.2 Å². The third-order valence-electron chi connectivity index (χ3n) is 5.33. The maximum Gasteiger partial charge on any atom is 0.234 e. The van der Waals surface area contributed by atoms with Gasteiger partial charge in [0.2, 0.25) is 5.91 Å². The van der Waals surface area contributed by atoms with E-state index in [2.05, 4.69) is 10.2 Å². The zero-order valence-corrected chi connectivity index (χ0v) is 18.6. The molecule has 2 aromatic carbocycles. The fourth-order valence-corrected chi connectivity index (χ4v) is 3.87. The molecule has 0 aliphatic carbocycles. The molecule has 7 nitrogen and oxygen atoms in total. The van der Waals surface area contributed by atoms with Crippen molar-refractivity contribution in [1.82, 2.24) is 10.2 Å². The molecule has 0 spiro atoms. The van der Waals surface area contributed by atoms with E-state index < -0.39 is 0 Å². The van der Waals surface area contributed by atoms with Crippen molar-refractivity contribution in [1.29, 1.82) is 0 Å². The number of hydrogen-bond acceptors (Lipinski definition) is 6. The summed E-state index contributed by atoms with van der Waals surface area (Å²) in [6.07, 6.45) is 2.02. The van der Waals surface area contributed by atoms with Gasteiger partial charge in [0.15, 0.2) is 0 Å². The van der Waals surface area contributed by atoms with Crippen molar-refractivity contribution in [3.8, 4) is 23.0 Å². The van der Waals surface area contributed by atoms with Crippen molar-refractivity contribution in [3.05, 3.63) is 48.0 Å². The lowest BCUT2D eigenvalue weighted by atomic mass is 10.0. The van der Waals surface area contributed by atoms with Crippen LogP contribution in [0.1, 0.15) is 31.4 Å². The van der Waals surface area contributed by atoms with Crippen LogP contribution in [0, 0.1) is 0 Å². The molecule has 1 heterocycles. The molecule has 7 heteroatoms. The van der Waals surface area contributed by atoms with Crippen molar-refractivity contribution in [2.45, 2.75) is 25.8 Å². The van der Waals surface area contributed by atoms with Crippen LogP contribution in [0.15, 0.2) is 42.5 Å². The van der Waals surface area contributed by atoms with Gasteiger partial charge in [0.1, 0.15) is 29.6 Å². The number of nitrogens with one attached hydrogen (secondary N) is 1. The Bertz CT molecular complexity index is 840. The Kier molecular flexibility index (Phi) is 8.41. The van der Waals surface area contributed by atoms with Gasteiger partial charge in [-0.1, -0.05) is 0 Å². The fourth-order valence-electron chi connectivity index (χ4n) is 3.87. The van der Waals surface area contributed by atoms with Crippen LogP contribution >= 0.6 is 0 Å². The lowest BCUT2D eigenvalue weighted by molar-refractivity contribution is -0.122. The summed E-state index contributed by atoms with van der Waals surface area (Å²) in [5.41, 5.74) is 1.06. The highest BCUT2D eigenvalue weighted by Gasteiger charge is 2.30. The molecule has 0 radical (unpaired) electrons. The Balaban J connectivity index is 1.47. The van der Waals surface area contributed by atoms with Gasteiger partial charge in [-0.25, -0.2) is 0 Å². The van der Waals surface area contributed by atoms with Crippen molar-refractivity contribution in [2.24, 2.45) is 0 Å². The van der Waals surface area contributed by atoms with E-state index in [0.29, 0.717) is 26.3 Å². The van der Waals surface area contributed by atoms with E-state index in [9.17, 15) is 4.79 Å². The quantitative estimate of drug-likeness (QED) is 0.553. The number of hydrogen-bond donors (Lipinski definition) is 1. The monoisotopic (exact) mass is 428 g/mol. The Morgan fingerprint density at radius 2 is 1.74 bits per heavy atom. The van der Waals surface area contributed by atoms with Crippen LogP contribution in [0.4, 0.5) is 0 Å². The first-order valence-electron chi connectivity index (χ1n) is 10.7. The van der Waals surface area contributed by atoms with Crippen molar-refractivity contribution in [2.75, 3.05) is 47.1 Å². The third kappa shape index (κ3) is 6.28. The summed E-state index contributed by atoms with van der Waals surface area (Å²) in [6.45, 7) is 4.66. The molecular weight excluding hydrogens is 396 g/mol. The highest BCUT2D eigenvalue weighted by Crippen LogP contribution is 2.38. The Labute approximate surface area is 184 Å². The molecule has 0 bridgehead atoms. The number of methoxy groups -OCH3 is 2. The molecule has 0 aromatic heterocycles. The van der Waals surface area contributed by atoms with Crippen LogP contribution in [-0.2, 0) is 4.79 Å². The molecule has 1 N–H and O–H groups in total. The smallest absolute Gasteiger partial charge is 0.234 e. The summed E-state index contributed by atoms with van der Waals surface area (Å²) >= 11 is 0.